The molecule has 2 aliphatic heterocycles. The van der Waals surface area contributed by atoms with Crippen molar-refractivity contribution in [3.8, 4) is 16.9 Å². The molecule has 1 atom stereocenters. The average Bonchev–Trinajstić information content (AvgIpc) is 3.36. The van der Waals surface area contributed by atoms with E-state index in [2.05, 4.69) is 17.1 Å². The molecule has 0 radical (unpaired) electrons. The Balaban J connectivity index is 1.46. The number of benzene rings is 1. The standard InChI is InChI=1S/C25H34N4O3/c1-28(2)25-26-17-22(18-6-8-20(31-3)9-7-18)24(27-25)19-12-14-29(15-13-19)23(30)11-10-21-5-4-16-32-21/h6-9,17,19,21H,4-5,10-16H2,1-3H3/t21-/m0/s1. The van der Waals surface area contributed by atoms with Crippen molar-refractivity contribution in [3.05, 3.63) is 36.2 Å². The van der Waals surface area contributed by atoms with E-state index < -0.39 is 0 Å². The molecule has 3 heterocycles. The molecule has 2 aliphatic rings. The normalized spacial score (nSPS) is 19.2. The molecule has 0 bridgehead atoms. The topological polar surface area (TPSA) is 67.8 Å². The van der Waals surface area contributed by atoms with Crippen LogP contribution in [0, 0.1) is 0 Å². The molecular weight excluding hydrogens is 404 g/mol. The predicted octanol–water partition coefficient (Wildman–Crippen LogP) is 3.88. The van der Waals surface area contributed by atoms with Gasteiger partial charge in [0, 0.05) is 57.9 Å². The van der Waals surface area contributed by atoms with Gasteiger partial charge in [-0.3, -0.25) is 4.79 Å². The number of rotatable bonds is 7. The zero-order valence-corrected chi connectivity index (χ0v) is 19.4. The van der Waals surface area contributed by atoms with Gasteiger partial charge >= 0.3 is 0 Å². The first kappa shape index (κ1) is 22.5. The van der Waals surface area contributed by atoms with Crippen LogP contribution < -0.4 is 9.64 Å². The number of hydrogen-bond acceptors (Lipinski definition) is 6. The van der Waals surface area contributed by atoms with Gasteiger partial charge in [0.25, 0.3) is 0 Å². The molecule has 172 valence electrons. The van der Waals surface area contributed by atoms with Crippen LogP contribution in [-0.4, -0.2) is 67.8 Å². The van der Waals surface area contributed by atoms with Gasteiger partial charge < -0.3 is 19.3 Å². The third-order valence-corrected chi connectivity index (χ3v) is 6.55. The summed E-state index contributed by atoms with van der Waals surface area (Å²) in [6.07, 6.45) is 7.67. The van der Waals surface area contributed by atoms with Gasteiger partial charge in [0.1, 0.15) is 5.75 Å². The number of piperidine rings is 1. The van der Waals surface area contributed by atoms with Crippen molar-refractivity contribution >= 4 is 11.9 Å². The second-order valence-corrected chi connectivity index (χ2v) is 8.92. The number of nitrogens with zero attached hydrogens (tertiary/aromatic N) is 4. The molecule has 2 saturated heterocycles. The van der Waals surface area contributed by atoms with Crippen LogP contribution in [0.25, 0.3) is 11.1 Å². The molecule has 0 N–H and O–H groups in total. The summed E-state index contributed by atoms with van der Waals surface area (Å²) in [6, 6.07) is 8.04. The summed E-state index contributed by atoms with van der Waals surface area (Å²) in [6.45, 7) is 2.39. The fourth-order valence-electron chi connectivity index (χ4n) is 4.62. The number of methoxy groups -OCH3 is 1. The minimum absolute atomic E-state index is 0.256. The molecule has 1 amide bonds. The molecule has 0 aliphatic carbocycles. The Hall–Kier alpha value is -2.67. The van der Waals surface area contributed by atoms with Gasteiger partial charge in [-0.1, -0.05) is 12.1 Å². The van der Waals surface area contributed by atoms with E-state index in [0.29, 0.717) is 18.3 Å². The first-order chi connectivity index (χ1) is 15.5. The van der Waals surface area contributed by atoms with E-state index in [1.807, 2.05) is 42.2 Å². The maximum absolute atomic E-state index is 12.7. The van der Waals surface area contributed by atoms with Gasteiger partial charge in [0.15, 0.2) is 0 Å². The zero-order valence-electron chi connectivity index (χ0n) is 19.4. The Kier molecular flexibility index (Phi) is 7.25. The smallest absolute Gasteiger partial charge is 0.225 e. The molecule has 4 rings (SSSR count). The van der Waals surface area contributed by atoms with E-state index in [1.54, 1.807) is 7.11 Å². The monoisotopic (exact) mass is 438 g/mol. The van der Waals surface area contributed by atoms with E-state index in [9.17, 15) is 4.79 Å². The highest BCUT2D eigenvalue weighted by Crippen LogP contribution is 2.35. The molecular formula is C25H34N4O3. The van der Waals surface area contributed by atoms with Crippen molar-refractivity contribution in [2.24, 2.45) is 0 Å². The molecule has 0 saturated carbocycles. The van der Waals surface area contributed by atoms with Crippen LogP contribution >= 0.6 is 0 Å². The largest absolute Gasteiger partial charge is 0.497 e. The molecule has 7 nitrogen and oxygen atoms in total. The number of amides is 1. The lowest BCUT2D eigenvalue weighted by Gasteiger charge is -2.33. The molecule has 0 spiro atoms. The molecule has 1 aromatic carbocycles. The lowest BCUT2D eigenvalue weighted by atomic mass is 9.88. The summed E-state index contributed by atoms with van der Waals surface area (Å²) in [5, 5.41) is 0. The molecule has 7 heteroatoms. The van der Waals surface area contributed by atoms with Crippen LogP contribution in [0.15, 0.2) is 30.5 Å². The van der Waals surface area contributed by atoms with Gasteiger partial charge in [-0.25, -0.2) is 9.97 Å². The number of hydrogen-bond donors (Lipinski definition) is 0. The molecule has 2 fully saturated rings. The van der Waals surface area contributed by atoms with Crippen LogP contribution in [0.3, 0.4) is 0 Å². The highest BCUT2D eigenvalue weighted by molar-refractivity contribution is 5.76. The van der Waals surface area contributed by atoms with Gasteiger partial charge in [-0.15, -0.1) is 0 Å². The SMILES string of the molecule is COc1ccc(-c2cnc(N(C)C)nc2C2CCN(C(=O)CC[C@@H]3CCCO3)CC2)cc1. The maximum Gasteiger partial charge on any atom is 0.225 e. The van der Waals surface area contributed by atoms with Gasteiger partial charge in [-0.05, 0) is 49.8 Å². The summed E-state index contributed by atoms with van der Waals surface area (Å²) in [5.41, 5.74) is 3.21. The van der Waals surface area contributed by atoms with Crippen LogP contribution in [0.2, 0.25) is 0 Å². The number of likely N-dealkylation sites (tertiary alicyclic amines) is 1. The molecule has 0 unspecified atom stereocenters. The number of ether oxygens (including phenoxy) is 2. The second kappa shape index (κ2) is 10.3. The van der Waals surface area contributed by atoms with Crippen molar-refractivity contribution in [2.75, 3.05) is 45.8 Å². The first-order valence-electron chi connectivity index (χ1n) is 11.6. The highest BCUT2D eigenvalue weighted by atomic mass is 16.5. The van der Waals surface area contributed by atoms with Crippen molar-refractivity contribution in [3.63, 3.8) is 0 Å². The molecule has 1 aromatic heterocycles. The summed E-state index contributed by atoms with van der Waals surface area (Å²) >= 11 is 0. The minimum Gasteiger partial charge on any atom is -0.497 e. The summed E-state index contributed by atoms with van der Waals surface area (Å²) in [5.74, 6) is 2.10. The Bertz CT molecular complexity index is 902. The van der Waals surface area contributed by atoms with Crippen LogP contribution in [0.4, 0.5) is 5.95 Å². The summed E-state index contributed by atoms with van der Waals surface area (Å²) in [7, 11) is 5.59. The second-order valence-electron chi connectivity index (χ2n) is 8.92. The molecule has 32 heavy (non-hydrogen) atoms. The van der Waals surface area contributed by atoms with Crippen LogP contribution in [0.1, 0.15) is 50.1 Å². The lowest BCUT2D eigenvalue weighted by molar-refractivity contribution is -0.132. The third-order valence-electron chi connectivity index (χ3n) is 6.55. The zero-order chi connectivity index (χ0) is 22.5. The van der Waals surface area contributed by atoms with E-state index in [0.717, 1.165) is 74.4 Å². The lowest BCUT2D eigenvalue weighted by Crippen LogP contribution is -2.38. The number of anilines is 1. The van der Waals surface area contributed by atoms with Gasteiger partial charge in [-0.2, -0.15) is 0 Å². The fourth-order valence-corrected chi connectivity index (χ4v) is 4.62. The third kappa shape index (κ3) is 5.21. The quantitative estimate of drug-likeness (QED) is 0.654. The highest BCUT2D eigenvalue weighted by Gasteiger charge is 2.28. The van der Waals surface area contributed by atoms with Crippen molar-refractivity contribution in [1.29, 1.82) is 0 Å². The molecule has 2 aromatic rings. The van der Waals surface area contributed by atoms with Crippen LogP contribution in [0.5, 0.6) is 5.75 Å². The number of carbonyl (C=O) groups excluding carboxylic acids is 1. The maximum atomic E-state index is 12.7. The van der Waals surface area contributed by atoms with Crippen molar-refractivity contribution in [1.82, 2.24) is 14.9 Å². The van der Waals surface area contributed by atoms with E-state index in [-0.39, 0.29) is 12.0 Å². The minimum atomic E-state index is 0.256. The Labute approximate surface area is 190 Å². The Morgan fingerprint density at radius 2 is 1.94 bits per heavy atom. The first-order valence-corrected chi connectivity index (χ1v) is 11.6. The number of aromatic nitrogens is 2. The Morgan fingerprint density at radius 1 is 1.19 bits per heavy atom. The van der Waals surface area contributed by atoms with E-state index in [1.165, 1.54) is 0 Å². The summed E-state index contributed by atoms with van der Waals surface area (Å²) in [4.78, 5) is 26.2. The van der Waals surface area contributed by atoms with Gasteiger partial charge in [0.2, 0.25) is 11.9 Å². The summed E-state index contributed by atoms with van der Waals surface area (Å²) < 4.78 is 11.0. The van der Waals surface area contributed by atoms with E-state index in [4.69, 9.17) is 14.5 Å². The fraction of sp³-hybridized carbons (Fsp3) is 0.560. The van der Waals surface area contributed by atoms with E-state index >= 15 is 0 Å². The number of carbonyl (C=O) groups is 1. The van der Waals surface area contributed by atoms with Gasteiger partial charge in [0.05, 0.1) is 18.9 Å². The average molecular weight is 439 g/mol. The van der Waals surface area contributed by atoms with Crippen LogP contribution in [-0.2, 0) is 9.53 Å². The van der Waals surface area contributed by atoms with Crippen molar-refractivity contribution < 1.29 is 14.3 Å². The van der Waals surface area contributed by atoms with Crippen molar-refractivity contribution in [2.45, 2.75) is 50.5 Å². The predicted molar refractivity (Wildman–Crippen MR) is 125 cm³/mol. The Morgan fingerprint density at radius 3 is 2.56 bits per heavy atom.